The largest absolute Gasteiger partial charge is 0.334 e. The van der Waals surface area contributed by atoms with Gasteiger partial charge < -0.3 is 4.57 Å². The van der Waals surface area contributed by atoms with Crippen LogP contribution in [0.1, 0.15) is 26.1 Å². The molecule has 1 aromatic heterocycles. The molecule has 1 heterocycles. The minimum Gasteiger partial charge on any atom is -0.334 e. The zero-order valence-corrected chi connectivity index (χ0v) is 10.1. The van der Waals surface area contributed by atoms with Crippen molar-refractivity contribution in [3.05, 3.63) is 18.2 Å². The Morgan fingerprint density at radius 3 is 2.73 bits per heavy atom. The summed E-state index contributed by atoms with van der Waals surface area (Å²) in [7, 11) is -2.88. The van der Waals surface area contributed by atoms with E-state index < -0.39 is 9.84 Å². The molecule has 4 nitrogen and oxygen atoms in total. The van der Waals surface area contributed by atoms with E-state index >= 15 is 0 Å². The molecule has 0 saturated carbocycles. The normalized spacial score (nSPS) is 11.9. The first-order chi connectivity index (χ1) is 7.09. The summed E-state index contributed by atoms with van der Waals surface area (Å²) in [5, 5.41) is 0. The summed E-state index contributed by atoms with van der Waals surface area (Å²) in [6.07, 6.45) is 5.50. The van der Waals surface area contributed by atoms with E-state index in [9.17, 15) is 8.42 Å². The third-order valence-electron chi connectivity index (χ3n) is 2.36. The Labute approximate surface area is 91.3 Å². The van der Waals surface area contributed by atoms with Crippen molar-refractivity contribution < 1.29 is 8.42 Å². The second-order valence-electron chi connectivity index (χ2n) is 3.52. The Balaban J connectivity index is 2.61. The van der Waals surface area contributed by atoms with Gasteiger partial charge in [-0.3, -0.25) is 0 Å². The van der Waals surface area contributed by atoms with Crippen molar-refractivity contribution in [2.24, 2.45) is 0 Å². The van der Waals surface area contributed by atoms with Gasteiger partial charge in [0.15, 0.2) is 9.84 Å². The van der Waals surface area contributed by atoms with E-state index in [-0.39, 0.29) is 11.5 Å². The van der Waals surface area contributed by atoms with Crippen LogP contribution in [0.2, 0.25) is 0 Å². The monoisotopic (exact) mass is 230 g/mol. The van der Waals surface area contributed by atoms with Crippen molar-refractivity contribution in [3.8, 4) is 0 Å². The predicted molar refractivity (Wildman–Crippen MR) is 60.5 cm³/mol. The predicted octanol–water partition coefficient (Wildman–Crippen LogP) is 1.27. The van der Waals surface area contributed by atoms with Crippen LogP contribution >= 0.6 is 0 Å². The molecule has 1 rings (SSSR count). The van der Waals surface area contributed by atoms with Gasteiger partial charge in [-0.2, -0.15) is 0 Å². The highest BCUT2D eigenvalue weighted by atomic mass is 32.2. The number of sulfone groups is 1. The van der Waals surface area contributed by atoms with Gasteiger partial charge in [0, 0.05) is 31.1 Å². The third-order valence-corrected chi connectivity index (χ3v) is 4.04. The van der Waals surface area contributed by atoms with Gasteiger partial charge in [-0.25, -0.2) is 13.4 Å². The van der Waals surface area contributed by atoms with Crippen LogP contribution in [0.5, 0.6) is 0 Å². The van der Waals surface area contributed by atoms with Crippen LogP contribution in [-0.4, -0.2) is 29.5 Å². The van der Waals surface area contributed by atoms with E-state index in [1.807, 2.05) is 10.8 Å². The molecule has 0 aliphatic rings. The standard InChI is InChI=1S/C10H18N2O2S/c1-3-5-10-11-6-7-12(10)8-9-15(13,14)4-2/h6-7H,3-5,8-9H2,1-2H3. The Bertz CT molecular complexity index is 395. The minimum absolute atomic E-state index is 0.205. The third kappa shape index (κ3) is 3.66. The molecule has 0 atom stereocenters. The van der Waals surface area contributed by atoms with Crippen LogP contribution in [0.15, 0.2) is 12.4 Å². The lowest BCUT2D eigenvalue weighted by atomic mass is 10.3. The van der Waals surface area contributed by atoms with Crippen LogP contribution < -0.4 is 0 Å². The molecule has 0 aliphatic carbocycles. The highest BCUT2D eigenvalue weighted by molar-refractivity contribution is 7.91. The zero-order chi connectivity index (χ0) is 11.3. The van der Waals surface area contributed by atoms with E-state index in [1.165, 1.54) is 0 Å². The molecule has 1 aromatic rings. The zero-order valence-electron chi connectivity index (χ0n) is 9.31. The molecule has 0 N–H and O–H groups in total. The Kier molecular flexibility index (Phi) is 4.32. The van der Waals surface area contributed by atoms with Crippen molar-refractivity contribution in [1.82, 2.24) is 9.55 Å². The maximum absolute atomic E-state index is 11.3. The minimum atomic E-state index is -2.88. The van der Waals surface area contributed by atoms with Gasteiger partial charge in [-0.1, -0.05) is 13.8 Å². The first-order valence-corrected chi connectivity index (χ1v) is 7.11. The van der Waals surface area contributed by atoms with Crippen molar-refractivity contribution in [3.63, 3.8) is 0 Å². The molecule has 0 unspecified atom stereocenters. The number of imidazole rings is 1. The summed E-state index contributed by atoms with van der Waals surface area (Å²) in [4.78, 5) is 4.20. The van der Waals surface area contributed by atoms with Gasteiger partial charge in [0.25, 0.3) is 0 Å². The number of aromatic nitrogens is 2. The molecule has 5 heteroatoms. The molecule has 0 fully saturated rings. The topological polar surface area (TPSA) is 52.0 Å². The van der Waals surface area contributed by atoms with Crippen LogP contribution in [-0.2, 0) is 22.8 Å². The summed E-state index contributed by atoms with van der Waals surface area (Å²) < 4.78 is 24.6. The van der Waals surface area contributed by atoms with Crippen molar-refractivity contribution in [2.45, 2.75) is 33.2 Å². The van der Waals surface area contributed by atoms with Crippen LogP contribution in [0, 0.1) is 0 Å². The summed E-state index contributed by atoms with van der Waals surface area (Å²) in [6.45, 7) is 4.28. The van der Waals surface area contributed by atoms with Gasteiger partial charge in [0.2, 0.25) is 0 Å². The summed E-state index contributed by atoms with van der Waals surface area (Å²) >= 11 is 0. The number of aryl methyl sites for hydroxylation is 2. The first-order valence-electron chi connectivity index (χ1n) is 5.29. The molecular weight excluding hydrogens is 212 g/mol. The average molecular weight is 230 g/mol. The summed E-state index contributed by atoms with van der Waals surface area (Å²) in [6, 6.07) is 0. The van der Waals surface area contributed by atoms with Crippen molar-refractivity contribution >= 4 is 9.84 Å². The summed E-state index contributed by atoms with van der Waals surface area (Å²) in [5.74, 6) is 1.39. The Morgan fingerprint density at radius 2 is 2.13 bits per heavy atom. The van der Waals surface area contributed by atoms with Gasteiger partial charge in [0.1, 0.15) is 5.82 Å². The van der Waals surface area contributed by atoms with E-state index in [2.05, 4.69) is 11.9 Å². The molecular formula is C10H18N2O2S. The molecule has 0 saturated heterocycles. The van der Waals surface area contributed by atoms with Crippen LogP contribution in [0.4, 0.5) is 0 Å². The fraction of sp³-hybridized carbons (Fsp3) is 0.700. The Hall–Kier alpha value is -0.840. The van der Waals surface area contributed by atoms with E-state index in [4.69, 9.17) is 0 Å². The van der Waals surface area contributed by atoms with Crippen molar-refractivity contribution in [1.29, 1.82) is 0 Å². The maximum atomic E-state index is 11.3. The van der Waals surface area contributed by atoms with Crippen LogP contribution in [0.3, 0.4) is 0 Å². The van der Waals surface area contributed by atoms with Gasteiger partial charge in [-0.05, 0) is 6.42 Å². The number of hydrogen-bond acceptors (Lipinski definition) is 3. The molecule has 15 heavy (non-hydrogen) atoms. The Morgan fingerprint density at radius 1 is 1.40 bits per heavy atom. The average Bonchev–Trinajstić information content (AvgIpc) is 2.64. The summed E-state index contributed by atoms with van der Waals surface area (Å²) in [5.41, 5.74) is 0. The molecule has 86 valence electrons. The highest BCUT2D eigenvalue weighted by Crippen LogP contribution is 2.02. The number of nitrogens with zero attached hydrogens (tertiary/aromatic N) is 2. The van der Waals surface area contributed by atoms with Gasteiger partial charge >= 0.3 is 0 Å². The van der Waals surface area contributed by atoms with E-state index in [1.54, 1.807) is 13.1 Å². The lowest BCUT2D eigenvalue weighted by Crippen LogP contribution is -2.15. The van der Waals surface area contributed by atoms with Crippen molar-refractivity contribution in [2.75, 3.05) is 11.5 Å². The SMILES string of the molecule is CCCc1nccn1CCS(=O)(=O)CC. The molecule has 0 amide bonds. The number of rotatable bonds is 6. The lowest BCUT2D eigenvalue weighted by molar-refractivity contribution is 0.587. The smallest absolute Gasteiger partial charge is 0.151 e. The molecule has 0 radical (unpaired) electrons. The molecule has 0 aliphatic heterocycles. The molecule has 0 aromatic carbocycles. The van der Waals surface area contributed by atoms with Crippen LogP contribution in [0.25, 0.3) is 0 Å². The second kappa shape index (κ2) is 5.30. The van der Waals surface area contributed by atoms with Gasteiger partial charge in [0.05, 0.1) is 5.75 Å². The van der Waals surface area contributed by atoms with E-state index in [0.717, 1.165) is 18.7 Å². The van der Waals surface area contributed by atoms with E-state index in [0.29, 0.717) is 6.54 Å². The molecule has 0 spiro atoms. The lowest BCUT2D eigenvalue weighted by Gasteiger charge is -2.06. The maximum Gasteiger partial charge on any atom is 0.151 e. The highest BCUT2D eigenvalue weighted by Gasteiger charge is 2.09. The quantitative estimate of drug-likeness (QED) is 0.739. The fourth-order valence-corrected chi connectivity index (χ4v) is 2.14. The fourth-order valence-electron chi connectivity index (χ4n) is 1.38. The second-order valence-corrected chi connectivity index (χ2v) is 6.00. The van der Waals surface area contributed by atoms with Gasteiger partial charge in [-0.15, -0.1) is 0 Å². The molecule has 0 bridgehead atoms. The number of hydrogen-bond donors (Lipinski definition) is 0. The first kappa shape index (κ1) is 12.2.